The van der Waals surface area contributed by atoms with E-state index in [-0.39, 0.29) is 6.42 Å². The van der Waals surface area contributed by atoms with Crippen molar-refractivity contribution in [3.05, 3.63) is 45.4 Å². The van der Waals surface area contributed by atoms with Crippen LogP contribution in [0.2, 0.25) is 0 Å². The number of benzene rings is 1. The van der Waals surface area contributed by atoms with E-state index in [0.717, 1.165) is 16.1 Å². The monoisotopic (exact) mass is 340 g/mol. The molecule has 0 atom stereocenters. The number of rotatable bonds is 5. The average Bonchev–Trinajstić information content (AvgIpc) is 2.79. The average molecular weight is 341 g/mol. The lowest BCUT2D eigenvalue weighted by Crippen LogP contribution is -2.16. The highest BCUT2D eigenvalue weighted by molar-refractivity contribution is 9.10. The van der Waals surface area contributed by atoms with Gasteiger partial charge < -0.3 is 10.0 Å². The van der Waals surface area contributed by atoms with Gasteiger partial charge in [-0.2, -0.15) is 0 Å². The van der Waals surface area contributed by atoms with Crippen LogP contribution in [0.3, 0.4) is 0 Å². The van der Waals surface area contributed by atoms with Gasteiger partial charge in [0.15, 0.2) is 5.13 Å². The minimum Gasteiger partial charge on any atom is -0.481 e. The van der Waals surface area contributed by atoms with E-state index in [4.69, 9.17) is 5.11 Å². The Morgan fingerprint density at radius 1 is 1.47 bits per heavy atom. The van der Waals surface area contributed by atoms with Crippen LogP contribution >= 0.6 is 27.3 Å². The number of nitrogens with zero attached hydrogens (tertiary/aromatic N) is 2. The number of anilines is 1. The van der Waals surface area contributed by atoms with Crippen LogP contribution in [0, 0.1) is 0 Å². The Balaban J connectivity index is 2.08. The number of thiazole rings is 1. The lowest BCUT2D eigenvalue weighted by molar-refractivity contribution is -0.136. The molecule has 0 amide bonds. The Morgan fingerprint density at radius 3 is 2.89 bits per heavy atom. The topological polar surface area (TPSA) is 53.4 Å². The number of hydrogen-bond acceptors (Lipinski definition) is 4. The standard InChI is InChI=1S/C13H13BrN2O2S/c1-16(7-9-4-2-3-5-11(9)14)13-15-10(8-19-13)6-12(17)18/h2-5,8H,6-7H2,1H3,(H,17,18). The van der Waals surface area contributed by atoms with Crippen molar-refractivity contribution in [2.75, 3.05) is 11.9 Å². The second kappa shape index (κ2) is 6.16. The molecule has 2 aromatic rings. The van der Waals surface area contributed by atoms with E-state index in [1.54, 1.807) is 5.38 Å². The van der Waals surface area contributed by atoms with Crippen molar-refractivity contribution in [1.82, 2.24) is 4.98 Å². The van der Waals surface area contributed by atoms with Crippen LogP contribution in [0.5, 0.6) is 0 Å². The number of carboxylic acids is 1. The van der Waals surface area contributed by atoms with Crippen molar-refractivity contribution in [2.24, 2.45) is 0 Å². The first-order valence-electron chi connectivity index (χ1n) is 5.67. The predicted molar refractivity (Wildman–Crippen MR) is 79.7 cm³/mol. The number of carbonyl (C=O) groups is 1. The molecular weight excluding hydrogens is 328 g/mol. The van der Waals surface area contributed by atoms with Crippen LogP contribution in [0.1, 0.15) is 11.3 Å². The second-order valence-corrected chi connectivity index (χ2v) is 5.83. The summed E-state index contributed by atoms with van der Waals surface area (Å²) < 4.78 is 1.06. The molecular formula is C13H13BrN2O2S. The third kappa shape index (κ3) is 3.78. The molecule has 0 aliphatic heterocycles. The van der Waals surface area contributed by atoms with Gasteiger partial charge >= 0.3 is 5.97 Å². The molecule has 4 nitrogen and oxygen atoms in total. The van der Waals surface area contributed by atoms with Crippen molar-refractivity contribution in [3.63, 3.8) is 0 Å². The van der Waals surface area contributed by atoms with E-state index in [9.17, 15) is 4.79 Å². The lowest BCUT2D eigenvalue weighted by Gasteiger charge is -2.16. The molecule has 0 saturated heterocycles. The van der Waals surface area contributed by atoms with Crippen LogP contribution < -0.4 is 4.90 Å². The first kappa shape index (κ1) is 14.0. The first-order valence-corrected chi connectivity index (χ1v) is 7.34. The molecule has 0 fully saturated rings. The third-order valence-corrected chi connectivity index (χ3v) is 4.34. The summed E-state index contributed by atoms with van der Waals surface area (Å²) in [6, 6.07) is 8.01. The molecule has 0 unspecified atom stereocenters. The Hall–Kier alpha value is -1.40. The molecule has 0 aliphatic rings. The zero-order valence-electron chi connectivity index (χ0n) is 10.3. The van der Waals surface area contributed by atoms with Crippen LogP contribution in [-0.4, -0.2) is 23.1 Å². The fraction of sp³-hybridized carbons (Fsp3) is 0.231. The number of aromatic nitrogens is 1. The van der Waals surface area contributed by atoms with Gasteiger partial charge in [-0.05, 0) is 11.6 Å². The molecule has 6 heteroatoms. The van der Waals surface area contributed by atoms with Crippen LogP contribution in [-0.2, 0) is 17.8 Å². The Bertz CT molecular complexity index is 586. The smallest absolute Gasteiger partial charge is 0.309 e. The Labute approximate surface area is 123 Å². The Morgan fingerprint density at radius 2 is 2.21 bits per heavy atom. The van der Waals surface area contributed by atoms with Crippen molar-refractivity contribution in [2.45, 2.75) is 13.0 Å². The van der Waals surface area contributed by atoms with Gasteiger partial charge in [0.2, 0.25) is 0 Å². The van der Waals surface area contributed by atoms with Gasteiger partial charge in [-0.1, -0.05) is 34.1 Å². The molecule has 0 radical (unpaired) electrons. The number of aliphatic carboxylic acids is 1. The minimum atomic E-state index is -0.856. The van der Waals surface area contributed by atoms with E-state index in [2.05, 4.69) is 20.9 Å². The van der Waals surface area contributed by atoms with Gasteiger partial charge in [-0.15, -0.1) is 11.3 Å². The molecule has 1 N–H and O–H groups in total. The van der Waals surface area contributed by atoms with E-state index in [1.807, 2.05) is 36.2 Å². The number of carboxylic acid groups (broad SMARTS) is 1. The fourth-order valence-corrected chi connectivity index (χ4v) is 2.86. The summed E-state index contributed by atoms with van der Waals surface area (Å²) in [5.74, 6) is -0.856. The molecule has 100 valence electrons. The van der Waals surface area contributed by atoms with Crippen molar-refractivity contribution >= 4 is 38.4 Å². The maximum absolute atomic E-state index is 10.6. The van der Waals surface area contributed by atoms with Crippen LogP contribution in [0.25, 0.3) is 0 Å². The predicted octanol–water partition coefficient (Wildman–Crippen LogP) is 3.17. The zero-order valence-corrected chi connectivity index (χ0v) is 12.7. The van der Waals surface area contributed by atoms with E-state index in [0.29, 0.717) is 5.69 Å². The highest BCUT2D eigenvalue weighted by Crippen LogP contribution is 2.24. The molecule has 1 heterocycles. The Kier molecular flexibility index (Phi) is 4.55. The zero-order chi connectivity index (χ0) is 13.8. The summed E-state index contributed by atoms with van der Waals surface area (Å²) in [7, 11) is 1.95. The van der Waals surface area contributed by atoms with Crippen LogP contribution in [0.4, 0.5) is 5.13 Å². The van der Waals surface area contributed by atoms with Gasteiger partial charge in [0, 0.05) is 23.4 Å². The van der Waals surface area contributed by atoms with E-state index >= 15 is 0 Å². The van der Waals surface area contributed by atoms with E-state index < -0.39 is 5.97 Å². The molecule has 1 aromatic heterocycles. The third-order valence-electron chi connectivity index (χ3n) is 2.56. The lowest BCUT2D eigenvalue weighted by atomic mass is 10.2. The highest BCUT2D eigenvalue weighted by atomic mass is 79.9. The SMILES string of the molecule is CN(Cc1ccccc1Br)c1nc(CC(=O)O)cs1. The van der Waals surface area contributed by atoms with Gasteiger partial charge in [0.05, 0.1) is 12.1 Å². The summed E-state index contributed by atoms with van der Waals surface area (Å²) in [6.45, 7) is 0.724. The molecule has 1 aromatic carbocycles. The van der Waals surface area contributed by atoms with Crippen molar-refractivity contribution in [1.29, 1.82) is 0 Å². The maximum atomic E-state index is 10.6. The summed E-state index contributed by atoms with van der Waals surface area (Å²) in [6.07, 6.45) is -0.0284. The normalized spacial score (nSPS) is 10.4. The van der Waals surface area contributed by atoms with Gasteiger partial charge in [0.1, 0.15) is 0 Å². The second-order valence-electron chi connectivity index (χ2n) is 4.14. The molecule has 0 aliphatic carbocycles. The maximum Gasteiger partial charge on any atom is 0.309 e. The summed E-state index contributed by atoms with van der Waals surface area (Å²) >= 11 is 4.97. The van der Waals surface area contributed by atoms with E-state index in [1.165, 1.54) is 16.9 Å². The summed E-state index contributed by atoms with van der Waals surface area (Å²) in [5, 5.41) is 11.3. The van der Waals surface area contributed by atoms with Gasteiger partial charge in [0.25, 0.3) is 0 Å². The minimum absolute atomic E-state index is 0.0284. The molecule has 19 heavy (non-hydrogen) atoms. The fourth-order valence-electron chi connectivity index (χ4n) is 1.66. The summed E-state index contributed by atoms with van der Waals surface area (Å²) in [4.78, 5) is 17.0. The molecule has 0 spiro atoms. The summed E-state index contributed by atoms with van der Waals surface area (Å²) in [5.41, 5.74) is 1.77. The van der Waals surface area contributed by atoms with Crippen LogP contribution in [0.15, 0.2) is 34.1 Å². The number of hydrogen-bond donors (Lipinski definition) is 1. The number of halogens is 1. The van der Waals surface area contributed by atoms with Crippen molar-refractivity contribution in [3.8, 4) is 0 Å². The quantitative estimate of drug-likeness (QED) is 0.908. The first-order chi connectivity index (χ1) is 9.06. The largest absolute Gasteiger partial charge is 0.481 e. The van der Waals surface area contributed by atoms with Gasteiger partial charge in [-0.25, -0.2) is 4.98 Å². The highest BCUT2D eigenvalue weighted by Gasteiger charge is 2.10. The molecule has 2 rings (SSSR count). The van der Waals surface area contributed by atoms with Gasteiger partial charge in [-0.3, -0.25) is 4.79 Å². The van der Waals surface area contributed by atoms with Crippen molar-refractivity contribution < 1.29 is 9.90 Å². The molecule has 0 bridgehead atoms. The molecule has 0 saturated carbocycles.